The summed E-state index contributed by atoms with van der Waals surface area (Å²) in [6.07, 6.45) is 3.34. The minimum Gasteiger partial charge on any atom is -0.323 e. The number of hydrogen-bond acceptors (Lipinski definition) is 4. The smallest absolute Gasteiger partial charge is 0.227 e. The number of nitrogens with zero attached hydrogens (tertiary/aromatic N) is 3. The number of benzene rings is 1. The van der Waals surface area contributed by atoms with Crippen LogP contribution >= 0.6 is 22.6 Å². The normalized spacial score (nSPS) is 9.50. The molecule has 0 saturated heterocycles. The van der Waals surface area contributed by atoms with E-state index in [4.69, 9.17) is 5.26 Å². The van der Waals surface area contributed by atoms with Crippen LogP contribution in [0.3, 0.4) is 0 Å². The van der Waals surface area contributed by atoms with Crippen LogP contribution in [0.2, 0.25) is 0 Å². The van der Waals surface area contributed by atoms with Crippen molar-refractivity contribution in [3.63, 3.8) is 0 Å². The van der Waals surface area contributed by atoms with Crippen LogP contribution < -0.4 is 5.32 Å². The monoisotopic (exact) mass is 322 g/mol. The molecule has 1 N–H and O–H groups in total. The van der Waals surface area contributed by atoms with E-state index < -0.39 is 0 Å². The van der Waals surface area contributed by atoms with Crippen LogP contribution in [0.1, 0.15) is 5.56 Å². The van der Waals surface area contributed by atoms with Gasteiger partial charge in [0, 0.05) is 16.0 Å². The number of rotatable bonds is 2. The van der Waals surface area contributed by atoms with Gasteiger partial charge >= 0.3 is 0 Å². The first-order valence-corrected chi connectivity index (χ1v) is 5.61. The lowest BCUT2D eigenvalue weighted by Gasteiger charge is -2.06. The third-order valence-electron chi connectivity index (χ3n) is 1.91. The van der Waals surface area contributed by atoms with E-state index in [1.54, 1.807) is 24.5 Å². The van der Waals surface area contributed by atoms with Gasteiger partial charge < -0.3 is 5.32 Å². The molecule has 78 valence electrons. The molecule has 1 aromatic carbocycles. The van der Waals surface area contributed by atoms with Crippen molar-refractivity contribution in [2.45, 2.75) is 0 Å². The first kappa shape index (κ1) is 10.8. The van der Waals surface area contributed by atoms with Crippen molar-refractivity contribution in [3.8, 4) is 6.07 Å². The second kappa shape index (κ2) is 4.90. The van der Waals surface area contributed by atoms with Crippen LogP contribution in [0.5, 0.6) is 0 Å². The number of halogens is 1. The van der Waals surface area contributed by atoms with Gasteiger partial charge in [0.1, 0.15) is 0 Å². The molecule has 0 radical (unpaired) electrons. The SMILES string of the molecule is N#Cc1ccc(Nc2ncccn2)c(I)c1. The second-order valence-corrected chi connectivity index (χ2v) is 4.17. The Morgan fingerprint density at radius 2 is 2.00 bits per heavy atom. The Hall–Kier alpha value is -1.68. The van der Waals surface area contributed by atoms with Crippen LogP contribution in [0.15, 0.2) is 36.7 Å². The zero-order valence-electron chi connectivity index (χ0n) is 8.18. The molecular weight excluding hydrogens is 315 g/mol. The van der Waals surface area contributed by atoms with Crippen molar-refractivity contribution in [3.05, 3.63) is 45.8 Å². The zero-order chi connectivity index (χ0) is 11.4. The summed E-state index contributed by atoms with van der Waals surface area (Å²) < 4.78 is 0.962. The van der Waals surface area contributed by atoms with E-state index in [9.17, 15) is 0 Å². The Labute approximate surface area is 106 Å². The van der Waals surface area contributed by atoms with E-state index in [0.717, 1.165) is 9.26 Å². The Kier molecular flexibility index (Phi) is 3.31. The molecule has 0 atom stereocenters. The van der Waals surface area contributed by atoms with E-state index in [1.807, 2.05) is 12.1 Å². The Morgan fingerprint density at radius 3 is 2.62 bits per heavy atom. The fraction of sp³-hybridized carbons (Fsp3) is 0. The van der Waals surface area contributed by atoms with E-state index in [-0.39, 0.29) is 0 Å². The fourth-order valence-electron chi connectivity index (χ4n) is 1.17. The largest absolute Gasteiger partial charge is 0.323 e. The molecule has 5 heteroatoms. The van der Waals surface area contributed by atoms with Gasteiger partial charge in [0.25, 0.3) is 0 Å². The number of nitrogens with one attached hydrogen (secondary N) is 1. The van der Waals surface area contributed by atoms with Gasteiger partial charge in [-0.15, -0.1) is 0 Å². The van der Waals surface area contributed by atoms with Crippen LogP contribution in [0.4, 0.5) is 11.6 Å². The number of nitriles is 1. The van der Waals surface area contributed by atoms with Gasteiger partial charge in [-0.1, -0.05) is 0 Å². The summed E-state index contributed by atoms with van der Waals surface area (Å²) in [4.78, 5) is 8.13. The molecule has 2 aromatic rings. The van der Waals surface area contributed by atoms with Gasteiger partial charge in [0.15, 0.2) is 0 Å². The van der Waals surface area contributed by atoms with Gasteiger partial charge in [0.2, 0.25) is 5.95 Å². The molecule has 0 bridgehead atoms. The second-order valence-electron chi connectivity index (χ2n) is 3.00. The molecule has 1 aromatic heterocycles. The van der Waals surface area contributed by atoms with Crippen LogP contribution in [-0.4, -0.2) is 9.97 Å². The van der Waals surface area contributed by atoms with E-state index in [2.05, 4.69) is 43.9 Å². The van der Waals surface area contributed by atoms with E-state index in [0.29, 0.717) is 11.5 Å². The lowest BCUT2D eigenvalue weighted by Crippen LogP contribution is -1.97. The minimum atomic E-state index is 0.546. The van der Waals surface area contributed by atoms with Crippen LogP contribution in [0, 0.1) is 14.9 Å². The summed E-state index contributed by atoms with van der Waals surface area (Å²) >= 11 is 2.17. The third kappa shape index (κ3) is 2.46. The number of hydrogen-bond donors (Lipinski definition) is 1. The molecule has 0 aliphatic rings. The molecule has 0 unspecified atom stereocenters. The summed E-state index contributed by atoms with van der Waals surface area (Å²) in [5, 5.41) is 11.8. The fourth-order valence-corrected chi connectivity index (χ4v) is 1.82. The first-order valence-electron chi connectivity index (χ1n) is 4.53. The molecular formula is C11H7IN4. The standard InChI is InChI=1S/C11H7IN4/c12-9-6-8(7-13)2-3-10(9)16-11-14-4-1-5-15-11/h1-6H,(H,14,15,16). The maximum Gasteiger partial charge on any atom is 0.227 e. The molecule has 0 amide bonds. The summed E-state index contributed by atoms with van der Waals surface area (Å²) in [5.74, 6) is 0.546. The summed E-state index contributed by atoms with van der Waals surface area (Å²) in [6, 6.07) is 9.27. The summed E-state index contributed by atoms with van der Waals surface area (Å²) in [7, 11) is 0. The quantitative estimate of drug-likeness (QED) is 0.864. The summed E-state index contributed by atoms with van der Waals surface area (Å²) in [5.41, 5.74) is 1.54. The highest BCUT2D eigenvalue weighted by Crippen LogP contribution is 2.21. The van der Waals surface area contributed by atoms with Crippen molar-refractivity contribution in [1.29, 1.82) is 5.26 Å². The highest BCUT2D eigenvalue weighted by atomic mass is 127. The predicted octanol–water partition coefficient (Wildman–Crippen LogP) is 2.70. The first-order chi connectivity index (χ1) is 7.79. The van der Waals surface area contributed by atoms with Crippen molar-refractivity contribution in [2.75, 3.05) is 5.32 Å². The molecule has 0 spiro atoms. The van der Waals surface area contributed by atoms with E-state index in [1.165, 1.54) is 0 Å². The van der Waals surface area contributed by atoms with Crippen LogP contribution in [0.25, 0.3) is 0 Å². The molecule has 16 heavy (non-hydrogen) atoms. The molecule has 4 nitrogen and oxygen atoms in total. The zero-order valence-corrected chi connectivity index (χ0v) is 10.3. The molecule has 0 saturated carbocycles. The third-order valence-corrected chi connectivity index (χ3v) is 2.80. The maximum absolute atomic E-state index is 8.74. The van der Waals surface area contributed by atoms with Gasteiger partial charge in [-0.2, -0.15) is 5.26 Å². The summed E-state index contributed by atoms with van der Waals surface area (Å²) in [6.45, 7) is 0. The molecule has 1 heterocycles. The van der Waals surface area contributed by atoms with Crippen molar-refractivity contribution in [2.24, 2.45) is 0 Å². The average Bonchev–Trinajstić information content (AvgIpc) is 2.33. The minimum absolute atomic E-state index is 0.546. The van der Waals surface area contributed by atoms with Crippen molar-refractivity contribution >= 4 is 34.2 Å². The number of anilines is 2. The van der Waals surface area contributed by atoms with Crippen LogP contribution in [-0.2, 0) is 0 Å². The molecule has 0 aliphatic carbocycles. The lowest BCUT2D eigenvalue weighted by molar-refractivity contribution is 1.16. The topological polar surface area (TPSA) is 61.6 Å². The molecule has 0 fully saturated rings. The Morgan fingerprint density at radius 1 is 1.25 bits per heavy atom. The average molecular weight is 322 g/mol. The molecule has 2 rings (SSSR count). The maximum atomic E-state index is 8.74. The van der Waals surface area contributed by atoms with Gasteiger partial charge in [0.05, 0.1) is 17.3 Å². The highest BCUT2D eigenvalue weighted by Gasteiger charge is 2.02. The van der Waals surface area contributed by atoms with Gasteiger partial charge in [-0.25, -0.2) is 9.97 Å². The molecule has 0 aliphatic heterocycles. The van der Waals surface area contributed by atoms with Gasteiger partial charge in [-0.05, 0) is 46.9 Å². The Balaban J connectivity index is 2.27. The highest BCUT2D eigenvalue weighted by molar-refractivity contribution is 14.1. The van der Waals surface area contributed by atoms with Crippen molar-refractivity contribution < 1.29 is 0 Å². The van der Waals surface area contributed by atoms with Gasteiger partial charge in [-0.3, -0.25) is 0 Å². The Bertz CT molecular complexity index is 533. The van der Waals surface area contributed by atoms with Crippen molar-refractivity contribution in [1.82, 2.24) is 9.97 Å². The number of aromatic nitrogens is 2. The van der Waals surface area contributed by atoms with E-state index >= 15 is 0 Å². The lowest BCUT2D eigenvalue weighted by atomic mass is 10.2. The predicted molar refractivity (Wildman–Crippen MR) is 69.2 cm³/mol.